The minimum Gasteiger partial charge on any atom is -0.497 e. The van der Waals surface area contributed by atoms with Crippen LogP contribution in [-0.4, -0.2) is 58.6 Å². The number of ether oxygens (including phenoxy) is 1. The minimum absolute atomic E-state index is 0.0549. The van der Waals surface area contributed by atoms with Crippen LogP contribution in [0.4, 0.5) is 0 Å². The van der Waals surface area contributed by atoms with Gasteiger partial charge in [0.15, 0.2) is 21.5 Å². The van der Waals surface area contributed by atoms with Crippen LogP contribution < -0.4 is 4.74 Å². The van der Waals surface area contributed by atoms with Gasteiger partial charge in [-0.25, -0.2) is 8.42 Å². The summed E-state index contributed by atoms with van der Waals surface area (Å²) in [6, 6.07) is 8.09. The average molecular weight is 445 g/mol. The summed E-state index contributed by atoms with van der Waals surface area (Å²) in [4.78, 5) is 15.2. The quantitative estimate of drug-likeness (QED) is 0.720. The molecule has 2 aliphatic heterocycles. The Bertz CT molecular complexity index is 1080. The Hall–Kier alpha value is -2.42. The highest BCUT2D eigenvalue weighted by Crippen LogP contribution is 2.40. The highest BCUT2D eigenvalue weighted by Gasteiger charge is 2.42. The number of carbonyl (C=O) groups excluding carboxylic acids is 1. The smallest absolute Gasteiger partial charge is 0.223 e. The number of sulfone groups is 1. The monoisotopic (exact) mass is 444 g/mol. The second-order valence-electron chi connectivity index (χ2n) is 8.95. The van der Waals surface area contributed by atoms with E-state index in [0.717, 1.165) is 48.6 Å². The molecule has 3 heterocycles. The molecule has 2 aromatic rings. The summed E-state index contributed by atoms with van der Waals surface area (Å²) in [6.45, 7) is 0.433. The molecule has 2 fully saturated rings. The van der Waals surface area contributed by atoms with Crippen molar-refractivity contribution in [3.05, 3.63) is 30.1 Å². The van der Waals surface area contributed by atoms with E-state index in [2.05, 4.69) is 14.8 Å². The number of nitrogens with zero attached hydrogens (tertiary/aromatic N) is 4. The third-order valence-corrected chi connectivity index (χ3v) is 8.80. The van der Waals surface area contributed by atoms with Gasteiger partial charge in [0, 0.05) is 12.0 Å². The third kappa shape index (κ3) is 3.84. The van der Waals surface area contributed by atoms with Crippen LogP contribution in [0.3, 0.4) is 0 Å². The standard InChI is InChI=1S/C22H28N4O4S/c1-30-17-8-6-16(7-9-17)22-24-23-20-13-25(18-4-2-3-5-19(18)26(20)22)21(27)12-15-10-11-31(28,29)14-15/h6-9,15,18-19H,2-5,10-14H2,1H3/t15-,18+,19+/m0/s1. The molecule has 5 rings (SSSR count). The number of aromatic nitrogens is 3. The number of hydrogen-bond acceptors (Lipinski definition) is 6. The molecule has 3 aliphatic rings. The number of hydrogen-bond donors (Lipinski definition) is 0. The molecule has 0 N–H and O–H groups in total. The molecule has 3 atom stereocenters. The van der Waals surface area contributed by atoms with E-state index in [1.165, 1.54) is 0 Å². The molecule has 1 aromatic heterocycles. The summed E-state index contributed by atoms with van der Waals surface area (Å²) in [5.74, 6) is 2.77. The van der Waals surface area contributed by atoms with Crippen molar-refractivity contribution in [2.24, 2.45) is 5.92 Å². The molecule has 1 saturated carbocycles. The molecule has 0 bridgehead atoms. The molecule has 0 radical (unpaired) electrons. The SMILES string of the molecule is COc1ccc(-c2nnc3n2[C@@H]2CCCC[C@H]2N(C(=O)C[C@@H]2CCS(=O)(=O)C2)C3)cc1. The van der Waals surface area contributed by atoms with E-state index in [4.69, 9.17) is 4.74 Å². The number of rotatable bonds is 4. The Labute approximate surface area is 182 Å². The van der Waals surface area contributed by atoms with Crippen molar-refractivity contribution in [1.82, 2.24) is 19.7 Å². The molecule has 31 heavy (non-hydrogen) atoms. The van der Waals surface area contributed by atoms with Crippen LogP contribution >= 0.6 is 0 Å². The van der Waals surface area contributed by atoms with Gasteiger partial charge in [-0.2, -0.15) is 0 Å². The third-order valence-electron chi connectivity index (χ3n) is 6.96. The fourth-order valence-corrected chi connectivity index (χ4v) is 7.28. The van der Waals surface area contributed by atoms with Crippen LogP contribution in [0.25, 0.3) is 11.4 Å². The minimum atomic E-state index is -2.98. The van der Waals surface area contributed by atoms with Crippen LogP contribution in [-0.2, 0) is 21.2 Å². The maximum Gasteiger partial charge on any atom is 0.223 e. The molecule has 1 aromatic carbocycles. The van der Waals surface area contributed by atoms with Crippen molar-refractivity contribution in [2.45, 2.75) is 57.2 Å². The van der Waals surface area contributed by atoms with Crippen molar-refractivity contribution in [1.29, 1.82) is 0 Å². The van der Waals surface area contributed by atoms with Crippen molar-refractivity contribution < 1.29 is 17.9 Å². The van der Waals surface area contributed by atoms with Crippen LogP contribution in [0.2, 0.25) is 0 Å². The first kappa shape index (κ1) is 20.5. The van der Waals surface area contributed by atoms with Crippen molar-refractivity contribution >= 4 is 15.7 Å². The summed E-state index contributed by atoms with van der Waals surface area (Å²) in [7, 11) is -1.34. The van der Waals surface area contributed by atoms with Gasteiger partial charge in [-0.1, -0.05) is 12.8 Å². The molecule has 0 spiro atoms. The van der Waals surface area contributed by atoms with E-state index >= 15 is 0 Å². The lowest BCUT2D eigenvalue weighted by Crippen LogP contribution is -2.51. The van der Waals surface area contributed by atoms with E-state index < -0.39 is 9.84 Å². The summed E-state index contributed by atoms with van der Waals surface area (Å²) in [5.41, 5.74) is 0.986. The van der Waals surface area contributed by atoms with Gasteiger partial charge in [0.2, 0.25) is 5.91 Å². The number of fused-ring (bicyclic) bond motifs is 3. The van der Waals surface area contributed by atoms with Gasteiger partial charge in [0.25, 0.3) is 0 Å². The van der Waals surface area contributed by atoms with Crippen molar-refractivity contribution in [3.8, 4) is 17.1 Å². The topological polar surface area (TPSA) is 94.4 Å². The summed E-state index contributed by atoms with van der Waals surface area (Å²) in [5, 5.41) is 8.93. The summed E-state index contributed by atoms with van der Waals surface area (Å²) < 4.78 is 31.1. The number of methoxy groups -OCH3 is 1. The molecule has 8 nitrogen and oxygen atoms in total. The zero-order valence-corrected chi connectivity index (χ0v) is 18.6. The van der Waals surface area contributed by atoms with Gasteiger partial charge >= 0.3 is 0 Å². The van der Waals surface area contributed by atoms with Gasteiger partial charge in [0.1, 0.15) is 5.75 Å². The number of amides is 1. The van der Waals surface area contributed by atoms with E-state index in [1.807, 2.05) is 29.2 Å². The maximum absolute atomic E-state index is 13.2. The van der Waals surface area contributed by atoms with Gasteiger partial charge < -0.3 is 14.2 Å². The first-order chi connectivity index (χ1) is 14.9. The second kappa shape index (κ2) is 7.93. The molecular weight excluding hydrogens is 416 g/mol. The van der Waals surface area contributed by atoms with Gasteiger partial charge in [0.05, 0.1) is 37.2 Å². The Balaban J connectivity index is 1.42. The zero-order valence-electron chi connectivity index (χ0n) is 17.7. The molecule has 166 valence electrons. The maximum atomic E-state index is 13.2. The molecule has 1 saturated heterocycles. The summed E-state index contributed by atoms with van der Waals surface area (Å²) >= 11 is 0. The highest BCUT2D eigenvalue weighted by atomic mass is 32.2. The lowest BCUT2D eigenvalue weighted by Gasteiger charge is -2.45. The summed E-state index contributed by atoms with van der Waals surface area (Å²) in [6.07, 6.45) is 5.05. The van der Waals surface area contributed by atoms with Crippen LogP contribution in [0, 0.1) is 5.92 Å². The van der Waals surface area contributed by atoms with Crippen LogP contribution in [0.5, 0.6) is 5.75 Å². The molecule has 0 unspecified atom stereocenters. The molecule has 9 heteroatoms. The predicted octanol–water partition coefficient (Wildman–Crippen LogP) is 2.60. The van der Waals surface area contributed by atoms with Crippen LogP contribution in [0.15, 0.2) is 24.3 Å². The molecule has 1 amide bonds. The highest BCUT2D eigenvalue weighted by molar-refractivity contribution is 7.91. The van der Waals surface area contributed by atoms with Gasteiger partial charge in [-0.15, -0.1) is 10.2 Å². The van der Waals surface area contributed by atoms with Crippen molar-refractivity contribution in [3.63, 3.8) is 0 Å². The predicted molar refractivity (Wildman–Crippen MR) is 115 cm³/mol. The van der Waals surface area contributed by atoms with Crippen LogP contribution in [0.1, 0.15) is 50.4 Å². The van der Waals surface area contributed by atoms with E-state index in [9.17, 15) is 13.2 Å². The van der Waals surface area contributed by atoms with Gasteiger partial charge in [-0.05, 0) is 49.4 Å². The fourth-order valence-electron chi connectivity index (χ4n) is 5.41. The molecular formula is C22H28N4O4S. The number of benzene rings is 1. The van der Waals surface area contributed by atoms with E-state index in [-0.39, 0.29) is 35.4 Å². The Kier molecular flexibility index (Phi) is 5.24. The second-order valence-corrected chi connectivity index (χ2v) is 11.2. The first-order valence-electron chi connectivity index (χ1n) is 11.0. The van der Waals surface area contributed by atoms with Gasteiger partial charge in [-0.3, -0.25) is 4.79 Å². The largest absolute Gasteiger partial charge is 0.497 e. The average Bonchev–Trinajstić information content (AvgIpc) is 3.36. The lowest BCUT2D eigenvalue weighted by atomic mass is 9.86. The number of carbonyl (C=O) groups is 1. The first-order valence-corrected chi connectivity index (χ1v) is 12.9. The van der Waals surface area contributed by atoms with E-state index in [0.29, 0.717) is 19.4 Å². The van der Waals surface area contributed by atoms with E-state index in [1.54, 1.807) is 7.11 Å². The Morgan fingerprint density at radius 2 is 1.84 bits per heavy atom. The lowest BCUT2D eigenvalue weighted by molar-refractivity contribution is -0.138. The Morgan fingerprint density at radius 1 is 1.10 bits per heavy atom. The fraction of sp³-hybridized carbons (Fsp3) is 0.591. The molecule has 1 aliphatic carbocycles. The normalized spacial score (nSPS) is 26.9. The zero-order chi connectivity index (χ0) is 21.6. The Morgan fingerprint density at radius 3 is 2.52 bits per heavy atom. The van der Waals surface area contributed by atoms with Crippen molar-refractivity contribution in [2.75, 3.05) is 18.6 Å².